The second-order valence-electron chi connectivity index (χ2n) is 10.3. The summed E-state index contributed by atoms with van der Waals surface area (Å²) in [6.07, 6.45) is 6.22. The molecule has 4 unspecified atom stereocenters. The number of amides is 2. The van der Waals surface area contributed by atoms with Gasteiger partial charge in [0.15, 0.2) is 0 Å². The van der Waals surface area contributed by atoms with Crippen LogP contribution in [0.3, 0.4) is 0 Å². The van der Waals surface area contributed by atoms with E-state index >= 15 is 0 Å². The van der Waals surface area contributed by atoms with Crippen molar-refractivity contribution >= 4 is 12.0 Å². The molecular formula is C28H39N3O4. The van der Waals surface area contributed by atoms with Gasteiger partial charge >= 0.3 is 6.09 Å². The highest BCUT2D eigenvalue weighted by molar-refractivity contribution is 5.90. The summed E-state index contributed by atoms with van der Waals surface area (Å²) in [4.78, 5) is 28.1. The molecule has 2 aromatic rings. The highest BCUT2D eigenvalue weighted by Gasteiger charge is 2.50. The van der Waals surface area contributed by atoms with Crippen LogP contribution in [0.4, 0.5) is 4.79 Å². The van der Waals surface area contributed by atoms with Gasteiger partial charge in [0.05, 0.1) is 5.69 Å². The topological polar surface area (TPSA) is 95.7 Å². The van der Waals surface area contributed by atoms with E-state index in [-0.39, 0.29) is 25.8 Å². The highest BCUT2D eigenvalue weighted by atomic mass is 16.5. The van der Waals surface area contributed by atoms with Gasteiger partial charge in [-0.15, -0.1) is 0 Å². The smallest absolute Gasteiger partial charge is 0.408 e. The first-order valence-corrected chi connectivity index (χ1v) is 12.6. The van der Waals surface area contributed by atoms with E-state index in [1.807, 2.05) is 44.2 Å². The van der Waals surface area contributed by atoms with Crippen LogP contribution in [0.5, 0.6) is 0 Å². The number of carbonyl (C=O) groups is 2. The Morgan fingerprint density at radius 2 is 1.91 bits per heavy atom. The van der Waals surface area contributed by atoms with Crippen molar-refractivity contribution in [3.63, 3.8) is 0 Å². The number of nitrogens with one attached hydrogen (secondary N) is 1. The number of carbonyl (C=O) groups excluding carboxylic acids is 1. The van der Waals surface area contributed by atoms with Gasteiger partial charge in [0.1, 0.15) is 11.3 Å². The van der Waals surface area contributed by atoms with Crippen LogP contribution >= 0.6 is 0 Å². The largest absolute Gasteiger partial charge is 0.465 e. The average Bonchev–Trinajstić information content (AvgIpc) is 3.13. The minimum absolute atomic E-state index is 0. The van der Waals surface area contributed by atoms with Crippen LogP contribution in [-0.4, -0.2) is 45.3 Å². The number of nitrogens with zero attached hydrogens (tertiary/aromatic N) is 2. The predicted octanol–water partition coefficient (Wildman–Crippen LogP) is 5.23. The van der Waals surface area contributed by atoms with Gasteiger partial charge in [-0.3, -0.25) is 9.69 Å². The summed E-state index contributed by atoms with van der Waals surface area (Å²) >= 11 is 0. The zero-order chi connectivity index (χ0) is 24.3. The summed E-state index contributed by atoms with van der Waals surface area (Å²) in [6.45, 7) is 5.89. The molecule has 2 radical (unpaired) electrons. The van der Waals surface area contributed by atoms with E-state index < -0.39 is 11.6 Å². The van der Waals surface area contributed by atoms with Crippen molar-refractivity contribution in [3.8, 4) is 0 Å². The quantitative estimate of drug-likeness (QED) is 0.538. The van der Waals surface area contributed by atoms with E-state index in [9.17, 15) is 14.7 Å². The molecule has 2 N–H and O–H groups in total. The van der Waals surface area contributed by atoms with Gasteiger partial charge in [0.2, 0.25) is 5.91 Å². The van der Waals surface area contributed by atoms with Crippen LogP contribution < -0.4 is 5.32 Å². The summed E-state index contributed by atoms with van der Waals surface area (Å²) < 4.78 is 5.36. The lowest BCUT2D eigenvalue weighted by atomic mass is 9.68. The number of hydrogen-bond donors (Lipinski definition) is 2. The second kappa shape index (κ2) is 11.3. The van der Waals surface area contributed by atoms with Gasteiger partial charge in [0, 0.05) is 24.6 Å². The maximum Gasteiger partial charge on any atom is 0.408 e. The first-order valence-electron chi connectivity index (χ1n) is 12.6. The SMILES string of the molecule is Cc1noc(C)c1CC(C)(C(=O)NCCc1ccccc1)N(C(=O)O)C1CCC2CCCC1C2.[CH2]. The van der Waals surface area contributed by atoms with E-state index in [2.05, 4.69) is 10.5 Å². The minimum Gasteiger partial charge on any atom is -0.465 e. The van der Waals surface area contributed by atoms with Gasteiger partial charge < -0.3 is 14.9 Å². The van der Waals surface area contributed by atoms with E-state index in [0.717, 1.165) is 43.2 Å². The Kier molecular flexibility index (Phi) is 8.62. The van der Waals surface area contributed by atoms with Gasteiger partial charge in [-0.25, -0.2) is 4.79 Å². The van der Waals surface area contributed by atoms with Crippen LogP contribution in [-0.2, 0) is 17.6 Å². The molecule has 1 heterocycles. The molecule has 190 valence electrons. The van der Waals surface area contributed by atoms with Gasteiger partial charge in [0.25, 0.3) is 0 Å². The number of hydrogen-bond acceptors (Lipinski definition) is 4. The number of aryl methyl sites for hydroxylation is 2. The van der Waals surface area contributed by atoms with Crippen molar-refractivity contribution in [2.24, 2.45) is 11.8 Å². The van der Waals surface area contributed by atoms with Crippen molar-refractivity contribution in [3.05, 3.63) is 60.3 Å². The number of aromatic nitrogens is 1. The third-order valence-corrected chi connectivity index (χ3v) is 8.04. The fourth-order valence-corrected chi connectivity index (χ4v) is 6.17. The standard InChI is InChI=1S/C27H37N3O4.CH2/c1-18-23(19(2)34-29-18)17-27(3,25(31)28-15-14-20-8-5-4-6-9-20)30(26(32)33)24-13-12-21-10-7-11-22(24)16-21;/h4-6,8-9,21-22,24H,7,10-17H2,1-3H3,(H,28,31)(H,32,33);1H2. The molecule has 2 aliphatic carbocycles. The lowest BCUT2D eigenvalue weighted by Crippen LogP contribution is -2.65. The molecule has 0 saturated heterocycles. The molecule has 2 saturated carbocycles. The summed E-state index contributed by atoms with van der Waals surface area (Å²) in [5.41, 5.74) is 1.38. The monoisotopic (exact) mass is 481 g/mol. The van der Waals surface area contributed by atoms with Crippen molar-refractivity contribution < 1.29 is 19.2 Å². The number of fused-ring (bicyclic) bond motifs is 2. The number of carboxylic acid groups (broad SMARTS) is 1. The minimum atomic E-state index is -1.27. The maximum atomic E-state index is 13.8. The summed E-state index contributed by atoms with van der Waals surface area (Å²) in [5, 5.41) is 17.6. The lowest BCUT2D eigenvalue weighted by molar-refractivity contribution is -0.134. The Morgan fingerprint density at radius 3 is 2.57 bits per heavy atom. The van der Waals surface area contributed by atoms with Crippen molar-refractivity contribution in [1.29, 1.82) is 0 Å². The van der Waals surface area contributed by atoms with E-state index in [0.29, 0.717) is 36.3 Å². The van der Waals surface area contributed by atoms with Crippen molar-refractivity contribution in [2.75, 3.05) is 6.54 Å². The zero-order valence-electron chi connectivity index (χ0n) is 21.3. The first-order chi connectivity index (χ1) is 16.3. The summed E-state index contributed by atoms with van der Waals surface area (Å²) in [5.74, 6) is 1.38. The van der Waals surface area contributed by atoms with Crippen LogP contribution in [0.1, 0.15) is 68.0 Å². The molecular weight excluding hydrogens is 442 g/mol. The van der Waals surface area contributed by atoms with Crippen LogP contribution in [0, 0.1) is 33.1 Å². The van der Waals surface area contributed by atoms with E-state index in [4.69, 9.17) is 4.52 Å². The van der Waals surface area contributed by atoms with Crippen LogP contribution in [0.2, 0.25) is 0 Å². The molecule has 2 fully saturated rings. The third kappa shape index (κ3) is 5.71. The molecule has 7 heteroatoms. The van der Waals surface area contributed by atoms with Gasteiger partial charge in [-0.05, 0) is 70.3 Å². The summed E-state index contributed by atoms with van der Waals surface area (Å²) in [7, 11) is 0. The molecule has 0 aliphatic heterocycles. The second-order valence-corrected chi connectivity index (χ2v) is 10.3. The van der Waals surface area contributed by atoms with E-state index in [1.165, 1.54) is 11.3 Å². The number of benzene rings is 1. The molecule has 2 aliphatic rings. The molecule has 4 rings (SSSR count). The van der Waals surface area contributed by atoms with Crippen molar-refractivity contribution in [2.45, 2.75) is 83.7 Å². The van der Waals surface area contributed by atoms with Crippen molar-refractivity contribution in [1.82, 2.24) is 15.4 Å². The van der Waals surface area contributed by atoms with Crippen LogP contribution in [0.25, 0.3) is 0 Å². The Bertz CT molecular complexity index is 985. The molecule has 0 spiro atoms. The molecule has 1 aromatic heterocycles. The lowest BCUT2D eigenvalue weighted by Gasteiger charge is -2.50. The highest BCUT2D eigenvalue weighted by Crippen LogP contribution is 2.44. The summed E-state index contributed by atoms with van der Waals surface area (Å²) in [6, 6.07) is 9.82. The molecule has 2 amide bonds. The Labute approximate surface area is 209 Å². The molecule has 2 bridgehead atoms. The predicted molar refractivity (Wildman–Crippen MR) is 135 cm³/mol. The first kappa shape index (κ1) is 26.8. The van der Waals surface area contributed by atoms with Gasteiger partial charge in [-0.2, -0.15) is 0 Å². The Hall–Kier alpha value is -2.83. The normalized spacial score (nSPS) is 23.0. The number of rotatable bonds is 8. The maximum absolute atomic E-state index is 13.8. The fraction of sp³-hybridized carbons (Fsp3) is 0.571. The molecule has 1 aromatic carbocycles. The Balaban J connectivity index is 0.00000342. The van der Waals surface area contributed by atoms with E-state index in [1.54, 1.807) is 6.92 Å². The Morgan fingerprint density at radius 1 is 1.17 bits per heavy atom. The van der Waals surface area contributed by atoms with Crippen LogP contribution in [0.15, 0.2) is 34.9 Å². The third-order valence-electron chi connectivity index (χ3n) is 8.04. The average molecular weight is 482 g/mol. The molecule has 7 nitrogen and oxygen atoms in total. The molecule has 4 atom stereocenters. The molecule has 35 heavy (non-hydrogen) atoms. The van der Waals surface area contributed by atoms with Gasteiger partial charge in [-0.1, -0.05) is 55.8 Å². The fourth-order valence-electron chi connectivity index (χ4n) is 6.17. The zero-order valence-corrected chi connectivity index (χ0v) is 21.3.